The number of carbonyl (C=O) groups is 2. The molecule has 42 heavy (non-hydrogen) atoms. The largest absolute Gasteiger partial charge is 0.461 e. The number of benzene rings is 1. The summed E-state index contributed by atoms with van der Waals surface area (Å²) >= 11 is 0. The molecule has 3 aromatic heterocycles. The number of nitrogens with one attached hydrogen (secondary N) is 2. The number of amides is 2. The van der Waals surface area contributed by atoms with Crippen LogP contribution in [0.1, 0.15) is 57.6 Å². The number of carbonyl (C=O) groups excluding carboxylic acids is 2. The Hall–Kier alpha value is -4.89. The molecule has 2 N–H and O–H groups in total. The molecule has 3 heterocycles. The SMILES string of the molecule is CC(F)Oc1cccc(CNC(=O)c2cn(CCCCn3cc(C(=O)NCc4cc(C(F)(F)F)ccn4)nn3)nn2)c1. The van der Waals surface area contributed by atoms with Crippen molar-refractivity contribution in [1.82, 2.24) is 45.6 Å². The van der Waals surface area contributed by atoms with Gasteiger partial charge in [-0.15, -0.1) is 10.2 Å². The molecule has 1 atom stereocenters. The lowest BCUT2D eigenvalue weighted by molar-refractivity contribution is -0.137. The second kappa shape index (κ2) is 13.6. The number of rotatable bonds is 13. The van der Waals surface area contributed by atoms with E-state index in [1.807, 2.05) is 0 Å². The van der Waals surface area contributed by atoms with Gasteiger partial charge in [0.25, 0.3) is 11.8 Å². The maximum Gasteiger partial charge on any atom is 0.416 e. The van der Waals surface area contributed by atoms with Crippen LogP contribution in [0.2, 0.25) is 0 Å². The average molecular weight is 590 g/mol. The first kappa shape index (κ1) is 30.1. The number of hydrogen-bond donors (Lipinski definition) is 2. The van der Waals surface area contributed by atoms with E-state index in [0.717, 1.165) is 23.9 Å². The van der Waals surface area contributed by atoms with Crippen LogP contribution >= 0.6 is 0 Å². The number of aryl methyl sites for hydroxylation is 2. The van der Waals surface area contributed by atoms with E-state index >= 15 is 0 Å². The highest BCUT2D eigenvalue weighted by molar-refractivity contribution is 5.92. The Morgan fingerprint density at radius 3 is 2.14 bits per heavy atom. The van der Waals surface area contributed by atoms with E-state index in [1.54, 1.807) is 24.3 Å². The van der Waals surface area contributed by atoms with Crippen LogP contribution in [0.15, 0.2) is 55.0 Å². The Labute approximate surface area is 237 Å². The predicted octanol–water partition coefficient (Wildman–Crippen LogP) is 3.32. The second-order valence-corrected chi connectivity index (χ2v) is 9.15. The lowest BCUT2D eigenvalue weighted by Gasteiger charge is -2.09. The van der Waals surface area contributed by atoms with Gasteiger partial charge in [-0.25, -0.2) is 4.39 Å². The molecular weight excluding hydrogens is 562 g/mol. The van der Waals surface area contributed by atoms with Crippen LogP contribution < -0.4 is 15.4 Å². The van der Waals surface area contributed by atoms with Gasteiger partial charge in [0.05, 0.1) is 30.2 Å². The highest BCUT2D eigenvalue weighted by Gasteiger charge is 2.30. The molecule has 0 saturated carbocycles. The molecule has 1 unspecified atom stereocenters. The van der Waals surface area contributed by atoms with Gasteiger partial charge in [-0.2, -0.15) is 13.2 Å². The maximum absolute atomic E-state index is 13.0. The number of nitrogens with zero attached hydrogens (tertiary/aromatic N) is 7. The van der Waals surface area contributed by atoms with Gasteiger partial charge >= 0.3 is 6.18 Å². The van der Waals surface area contributed by atoms with Gasteiger partial charge < -0.3 is 15.4 Å². The van der Waals surface area contributed by atoms with Crippen molar-refractivity contribution in [2.45, 2.75) is 58.5 Å². The van der Waals surface area contributed by atoms with E-state index in [4.69, 9.17) is 4.74 Å². The van der Waals surface area contributed by atoms with Crippen LogP contribution in [0.3, 0.4) is 0 Å². The van der Waals surface area contributed by atoms with Gasteiger partial charge in [0.15, 0.2) is 11.4 Å². The normalized spacial score (nSPS) is 12.1. The van der Waals surface area contributed by atoms with Crippen molar-refractivity contribution in [2.24, 2.45) is 0 Å². The summed E-state index contributed by atoms with van der Waals surface area (Å²) in [5.41, 5.74) is 0.105. The third-order valence-electron chi connectivity index (χ3n) is 5.79. The molecule has 0 saturated heterocycles. The average Bonchev–Trinajstić information content (AvgIpc) is 3.63. The highest BCUT2D eigenvalue weighted by atomic mass is 19.4. The number of pyridine rings is 1. The van der Waals surface area contributed by atoms with Crippen molar-refractivity contribution in [3.8, 4) is 5.75 Å². The van der Waals surface area contributed by atoms with E-state index in [2.05, 4.69) is 36.2 Å². The van der Waals surface area contributed by atoms with Crippen LogP contribution in [-0.2, 0) is 32.4 Å². The van der Waals surface area contributed by atoms with Crippen LogP contribution in [0.25, 0.3) is 0 Å². The number of hydrogen-bond acceptors (Lipinski definition) is 8. The Kier molecular flexibility index (Phi) is 9.77. The standard InChI is InChI=1S/C26H27F4N9O3/c1-17(27)42-21-6-4-5-18(11-21)13-32-24(40)22-15-38(36-34-22)9-2-3-10-39-16-23(35-37-39)25(41)33-14-20-12-19(7-8-31-20)26(28,29)30/h4-8,11-12,15-17H,2-3,9-10,13-14H2,1H3,(H,32,40)(H,33,41). The molecule has 0 fully saturated rings. The molecule has 0 aliphatic heterocycles. The van der Waals surface area contributed by atoms with Crippen molar-refractivity contribution in [3.05, 3.63) is 83.2 Å². The summed E-state index contributed by atoms with van der Waals surface area (Å²) in [4.78, 5) is 28.6. The number of halogens is 4. The van der Waals surface area contributed by atoms with E-state index in [9.17, 15) is 27.2 Å². The first-order chi connectivity index (χ1) is 20.1. The summed E-state index contributed by atoms with van der Waals surface area (Å²) in [5.74, 6) is -0.646. The van der Waals surface area contributed by atoms with Gasteiger partial charge in [-0.3, -0.25) is 23.9 Å². The van der Waals surface area contributed by atoms with E-state index in [1.165, 1.54) is 28.7 Å². The third-order valence-corrected chi connectivity index (χ3v) is 5.79. The van der Waals surface area contributed by atoms with Gasteiger partial charge in [0.2, 0.25) is 6.36 Å². The fourth-order valence-electron chi connectivity index (χ4n) is 3.77. The van der Waals surface area contributed by atoms with Gasteiger partial charge in [0.1, 0.15) is 5.75 Å². The summed E-state index contributed by atoms with van der Waals surface area (Å²) in [7, 11) is 0. The summed E-state index contributed by atoms with van der Waals surface area (Å²) in [6.45, 7) is 2.20. The fourth-order valence-corrected chi connectivity index (χ4v) is 3.77. The lowest BCUT2D eigenvalue weighted by atomic mass is 10.2. The number of aromatic nitrogens is 7. The van der Waals surface area contributed by atoms with Crippen molar-refractivity contribution < 1.29 is 31.9 Å². The highest BCUT2D eigenvalue weighted by Crippen LogP contribution is 2.29. The van der Waals surface area contributed by atoms with Crippen LogP contribution in [0.4, 0.5) is 17.6 Å². The van der Waals surface area contributed by atoms with Crippen molar-refractivity contribution >= 4 is 11.8 Å². The van der Waals surface area contributed by atoms with Gasteiger partial charge in [-0.1, -0.05) is 22.6 Å². The van der Waals surface area contributed by atoms with Crippen LogP contribution in [0.5, 0.6) is 5.75 Å². The molecule has 0 spiro atoms. The lowest BCUT2D eigenvalue weighted by Crippen LogP contribution is -2.24. The molecule has 1 aromatic carbocycles. The molecule has 16 heteroatoms. The smallest absolute Gasteiger partial charge is 0.416 e. The number of unbranched alkanes of at least 4 members (excludes halogenated alkanes) is 1. The first-order valence-electron chi connectivity index (χ1n) is 12.9. The molecule has 12 nitrogen and oxygen atoms in total. The van der Waals surface area contributed by atoms with Crippen molar-refractivity contribution in [1.29, 1.82) is 0 Å². The van der Waals surface area contributed by atoms with Crippen molar-refractivity contribution in [3.63, 3.8) is 0 Å². The number of alkyl halides is 4. The minimum atomic E-state index is -4.50. The molecule has 0 aliphatic rings. The zero-order valence-electron chi connectivity index (χ0n) is 22.4. The summed E-state index contributed by atoms with van der Waals surface area (Å²) in [6.07, 6.45) is -0.647. The zero-order chi connectivity index (χ0) is 30.1. The fraction of sp³-hybridized carbons (Fsp3) is 0.346. The third kappa shape index (κ3) is 8.81. The van der Waals surface area contributed by atoms with Gasteiger partial charge in [0, 0.05) is 32.8 Å². The Balaban J connectivity index is 1.17. The maximum atomic E-state index is 13.0. The van der Waals surface area contributed by atoms with E-state index in [0.29, 0.717) is 31.7 Å². The Bertz CT molecular complexity index is 1500. The Morgan fingerprint density at radius 2 is 1.55 bits per heavy atom. The van der Waals surface area contributed by atoms with E-state index < -0.39 is 29.9 Å². The minimum Gasteiger partial charge on any atom is -0.461 e. The van der Waals surface area contributed by atoms with E-state index in [-0.39, 0.29) is 30.2 Å². The molecule has 0 radical (unpaired) electrons. The predicted molar refractivity (Wildman–Crippen MR) is 138 cm³/mol. The molecule has 0 aliphatic carbocycles. The molecule has 4 rings (SSSR count). The molecule has 2 amide bonds. The first-order valence-corrected chi connectivity index (χ1v) is 12.9. The summed E-state index contributed by atoms with van der Waals surface area (Å²) < 4.78 is 59.6. The quantitative estimate of drug-likeness (QED) is 0.179. The minimum absolute atomic E-state index is 0.0186. The molecule has 222 valence electrons. The van der Waals surface area contributed by atoms with Gasteiger partial charge in [-0.05, 0) is 42.7 Å². The Morgan fingerprint density at radius 1 is 0.929 bits per heavy atom. The molecule has 0 bridgehead atoms. The number of ether oxygens (including phenoxy) is 1. The second-order valence-electron chi connectivity index (χ2n) is 9.15. The topological polar surface area (TPSA) is 142 Å². The molecular formula is C26H27F4N9O3. The van der Waals surface area contributed by atoms with Crippen LogP contribution in [0, 0.1) is 0 Å². The summed E-state index contributed by atoms with van der Waals surface area (Å²) in [5, 5.41) is 20.8. The zero-order valence-corrected chi connectivity index (χ0v) is 22.4. The molecule has 4 aromatic rings. The van der Waals surface area contributed by atoms with Crippen LogP contribution in [-0.4, -0.2) is 53.1 Å². The van der Waals surface area contributed by atoms with Crippen molar-refractivity contribution in [2.75, 3.05) is 0 Å². The summed E-state index contributed by atoms with van der Waals surface area (Å²) in [6, 6.07) is 8.46. The monoisotopic (exact) mass is 589 g/mol.